The number of nitrogens with zero attached hydrogens (tertiary/aromatic N) is 2. The minimum absolute atomic E-state index is 0.0292. The van der Waals surface area contributed by atoms with Crippen LogP contribution in [-0.4, -0.2) is 34.1 Å². The second-order valence-electron chi connectivity index (χ2n) is 8.87. The predicted molar refractivity (Wildman–Crippen MR) is 119 cm³/mol. The summed E-state index contributed by atoms with van der Waals surface area (Å²) in [6.07, 6.45) is 3.13. The molecule has 0 aliphatic carbocycles. The number of rotatable bonds is 4. The molecule has 1 N–H and O–H groups in total. The van der Waals surface area contributed by atoms with Crippen LogP contribution in [0.1, 0.15) is 40.4 Å². The van der Waals surface area contributed by atoms with Gasteiger partial charge in [0.15, 0.2) is 5.76 Å². The lowest BCUT2D eigenvalue weighted by molar-refractivity contribution is -0.384. The van der Waals surface area contributed by atoms with E-state index >= 15 is 0 Å². The van der Waals surface area contributed by atoms with Crippen molar-refractivity contribution in [1.82, 2.24) is 4.90 Å². The molecule has 4 heterocycles. The van der Waals surface area contributed by atoms with Gasteiger partial charge in [-0.1, -0.05) is 30.3 Å². The molecule has 2 fully saturated rings. The minimum atomic E-state index is -1.20. The van der Waals surface area contributed by atoms with Gasteiger partial charge in [0.25, 0.3) is 5.69 Å². The van der Waals surface area contributed by atoms with E-state index in [4.69, 9.17) is 4.42 Å². The van der Waals surface area contributed by atoms with Crippen molar-refractivity contribution in [2.75, 3.05) is 11.9 Å². The maximum absolute atomic E-state index is 14.0. The fourth-order valence-electron chi connectivity index (χ4n) is 6.31. The van der Waals surface area contributed by atoms with Crippen LogP contribution in [0.25, 0.3) is 0 Å². The highest BCUT2D eigenvalue weighted by Gasteiger charge is 2.69. The average molecular weight is 443 g/mol. The standard InChI is InChI=1S/C25H21N3O5/c29-23(20-11-5-13-33-20)22-21(15-6-3-7-16(14-15)28(31)32)19-10-4-12-27(19)25(22)17-8-1-2-9-18(17)26-24(25)30/h1-3,5-9,11,13-14,19,21-22H,4,10,12H2,(H,26,30)/t19-,21-,22-,25-/m1/s1. The van der Waals surface area contributed by atoms with E-state index in [-0.39, 0.29) is 29.2 Å². The van der Waals surface area contributed by atoms with Crippen LogP contribution in [0.15, 0.2) is 71.3 Å². The van der Waals surface area contributed by atoms with Crippen molar-refractivity contribution < 1.29 is 18.9 Å². The van der Waals surface area contributed by atoms with Gasteiger partial charge in [-0.3, -0.25) is 24.6 Å². The highest BCUT2D eigenvalue weighted by Crippen LogP contribution is 2.61. The van der Waals surface area contributed by atoms with Crippen LogP contribution >= 0.6 is 0 Å². The number of hydrogen-bond acceptors (Lipinski definition) is 6. The van der Waals surface area contributed by atoms with E-state index in [0.29, 0.717) is 17.8 Å². The van der Waals surface area contributed by atoms with Crippen molar-refractivity contribution in [1.29, 1.82) is 0 Å². The molecule has 166 valence electrons. The Morgan fingerprint density at radius 1 is 1.15 bits per heavy atom. The summed E-state index contributed by atoms with van der Waals surface area (Å²) in [7, 11) is 0. The third-order valence-electron chi connectivity index (χ3n) is 7.42. The SMILES string of the molecule is O=C(c1ccco1)[C@H]1[C@H](c2cccc([N+](=O)[O-])c2)[C@H]2CCCN2[C@@]12C(=O)Nc1ccccc12. The Kier molecular flexibility index (Phi) is 4.28. The van der Waals surface area contributed by atoms with E-state index in [9.17, 15) is 19.7 Å². The minimum Gasteiger partial charge on any atom is -0.461 e. The zero-order valence-corrected chi connectivity index (χ0v) is 17.6. The molecule has 1 aromatic heterocycles. The first-order valence-corrected chi connectivity index (χ1v) is 11.0. The molecule has 6 rings (SSSR count). The number of carbonyl (C=O) groups excluding carboxylic acids is 2. The van der Waals surface area contributed by atoms with Gasteiger partial charge in [-0.2, -0.15) is 0 Å². The van der Waals surface area contributed by atoms with Gasteiger partial charge in [0.05, 0.1) is 17.1 Å². The van der Waals surface area contributed by atoms with Gasteiger partial charge < -0.3 is 9.73 Å². The van der Waals surface area contributed by atoms with Crippen molar-refractivity contribution in [3.05, 3.63) is 93.9 Å². The Hall–Kier alpha value is -3.78. The van der Waals surface area contributed by atoms with Crippen LogP contribution in [0.4, 0.5) is 11.4 Å². The molecule has 0 bridgehead atoms. The largest absolute Gasteiger partial charge is 0.461 e. The molecule has 8 heteroatoms. The van der Waals surface area contributed by atoms with E-state index in [0.717, 1.165) is 18.4 Å². The van der Waals surface area contributed by atoms with E-state index in [1.165, 1.54) is 12.3 Å². The van der Waals surface area contributed by atoms with Crippen molar-refractivity contribution in [3.63, 3.8) is 0 Å². The first-order chi connectivity index (χ1) is 16.0. The Bertz CT molecular complexity index is 1290. The number of nitrogens with one attached hydrogen (secondary N) is 1. The lowest BCUT2D eigenvalue weighted by atomic mass is 9.69. The van der Waals surface area contributed by atoms with Gasteiger partial charge in [0.2, 0.25) is 11.7 Å². The summed E-state index contributed by atoms with van der Waals surface area (Å²) < 4.78 is 5.49. The van der Waals surface area contributed by atoms with Crippen LogP contribution in [-0.2, 0) is 10.3 Å². The van der Waals surface area contributed by atoms with Crippen LogP contribution in [0.2, 0.25) is 0 Å². The van der Waals surface area contributed by atoms with Gasteiger partial charge in [0, 0.05) is 35.3 Å². The predicted octanol–water partition coefficient (Wildman–Crippen LogP) is 4.10. The first-order valence-electron chi connectivity index (χ1n) is 11.0. The monoisotopic (exact) mass is 443 g/mol. The highest BCUT2D eigenvalue weighted by atomic mass is 16.6. The number of ketones is 1. The molecule has 3 aromatic rings. The Labute approximate surface area is 189 Å². The van der Waals surface area contributed by atoms with E-state index in [1.807, 2.05) is 30.3 Å². The molecule has 4 atom stereocenters. The van der Waals surface area contributed by atoms with Crippen molar-refractivity contribution in [2.24, 2.45) is 5.92 Å². The fraction of sp³-hybridized carbons (Fsp3) is 0.280. The zero-order chi connectivity index (χ0) is 22.7. The number of fused-ring (bicyclic) bond motifs is 4. The van der Waals surface area contributed by atoms with E-state index < -0.39 is 22.3 Å². The Morgan fingerprint density at radius 3 is 2.79 bits per heavy atom. The van der Waals surface area contributed by atoms with Gasteiger partial charge in [-0.05, 0) is 43.1 Å². The third-order valence-corrected chi connectivity index (χ3v) is 7.42. The second-order valence-corrected chi connectivity index (χ2v) is 8.87. The van der Waals surface area contributed by atoms with Crippen LogP contribution in [0.5, 0.6) is 0 Å². The first kappa shape index (κ1) is 19.9. The molecule has 0 saturated carbocycles. The molecule has 2 aromatic carbocycles. The summed E-state index contributed by atoms with van der Waals surface area (Å²) in [5, 5.41) is 14.5. The molecular weight excluding hydrogens is 422 g/mol. The maximum Gasteiger partial charge on any atom is 0.269 e. The summed E-state index contributed by atoms with van der Waals surface area (Å²) in [4.78, 5) is 41.1. The number of furan rings is 1. The molecule has 8 nitrogen and oxygen atoms in total. The summed E-state index contributed by atoms with van der Waals surface area (Å²) in [5.74, 6) is -1.50. The second kappa shape index (κ2) is 7.11. The van der Waals surface area contributed by atoms with Crippen molar-refractivity contribution >= 4 is 23.1 Å². The Balaban J connectivity index is 1.62. The molecule has 3 aliphatic rings. The van der Waals surface area contributed by atoms with E-state index in [2.05, 4.69) is 10.2 Å². The number of carbonyl (C=O) groups is 2. The molecule has 3 aliphatic heterocycles. The summed E-state index contributed by atoms with van der Waals surface area (Å²) >= 11 is 0. The number of anilines is 1. The molecule has 33 heavy (non-hydrogen) atoms. The van der Waals surface area contributed by atoms with Crippen LogP contribution in [0, 0.1) is 16.0 Å². The number of nitro benzene ring substituents is 1. The topological polar surface area (TPSA) is 106 Å². The molecule has 0 unspecified atom stereocenters. The van der Waals surface area contributed by atoms with Crippen molar-refractivity contribution in [3.8, 4) is 0 Å². The van der Waals surface area contributed by atoms with Crippen LogP contribution < -0.4 is 5.32 Å². The molecule has 1 amide bonds. The number of amides is 1. The number of benzene rings is 2. The number of hydrogen-bond donors (Lipinski definition) is 1. The number of nitro groups is 1. The summed E-state index contributed by atoms with van der Waals surface area (Å²) in [6.45, 7) is 0.666. The number of non-ortho nitro benzene ring substituents is 1. The quantitative estimate of drug-likeness (QED) is 0.370. The lowest BCUT2D eigenvalue weighted by Crippen LogP contribution is -2.52. The van der Waals surface area contributed by atoms with E-state index in [1.54, 1.807) is 24.3 Å². The van der Waals surface area contributed by atoms with Gasteiger partial charge in [-0.25, -0.2) is 0 Å². The average Bonchev–Trinajstić information content (AvgIpc) is 3.59. The van der Waals surface area contributed by atoms with Crippen LogP contribution in [0.3, 0.4) is 0 Å². The molecule has 2 saturated heterocycles. The Morgan fingerprint density at radius 2 is 2.00 bits per heavy atom. The van der Waals surface area contributed by atoms with Gasteiger partial charge >= 0.3 is 0 Å². The number of para-hydroxylation sites is 1. The van der Waals surface area contributed by atoms with Gasteiger partial charge in [0.1, 0.15) is 5.54 Å². The smallest absolute Gasteiger partial charge is 0.269 e. The highest BCUT2D eigenvalue weighted by molar-refractivity contribution is 6.11. The molecule has 1 spiro atoms. The fourth-order valence-corrected chi connectivity index (χ4v) is 6.31. The maximum atomic E-state index is 14.0. The lowest BCUT2D eigenvalue weighted by Gasteiger charge is -2.36. The summed E-state index contributed by atoms with van der Waals surface area (Å²) in [6, 6.07) is 17.1. The zero-order valence-electron chi connectivity index (χ0n) is 17.6. The van der Waals surface area contributed by atoms with Crippen molar-refractivity contribution in [2.45, 2.75) is 30.3 Å². The summed E-state index contributed by atoms with van der Waals surface area (Å²) in [5.41, 5.74) is 0.944. The van der Waals surface area contributed by atoms with Gasteiger partial charge in [-0.15, -0.1) is 0 Å². The molecular formula is C25H21N3O5. The number of Topliss-reactive ketones (excluding diaryl/α,β-unsaturated/α-hetero) is 1. The molecule has 0 radical (unpaired) electrons. The third kappa shape index (κ3) is 2.61. The normalized spacial score (nSPS) is 28.0.